The number of phenolic OH excluding ortho intramolecular Hbond substituents is 1. The van der Waals surface area contributed by atoms with Gasteiger partial charge < -0.3 is 61.0 Å². The first-order chi connectivity index (χ1) is 61.8. The fourth-order valence-electron chi connectivity index (χ4n) is 19.0. The average Bonchev–Trinajstić information content (AvgIpc) is 0.844. The molecule has 2 amide bonds. The Morgan fingerprint density at radius 1 is 0.417 bits per heavy atom. The summed E-state index contributed by atoms with van der Waals surface area (Å²) in [5, 5.41) is 43.6. The third-order valence-electron chi connectivity index (χ3n) is 26.1. The molecule has 3 aromatic rings. The molecule has 0 bridgehead atoms. The SMILES string of the molecule is Brc1ccc(NC(=NC2CCCCC2)NC2CCCCC2)cc1.C1CCC(N=C(N2CCOCC2)N2CCOCC2)CC1.CC(C)(C)OC(=O)NC(=NC1CCCCC1)NC1CCCCC1.CCN(CC)C(NC(C)C)NC(C)C.O=C(NC(=NC1CCCCC1)NC1CCCCC1)c1ccccc1.Oc1ccc(NC(=NC2CCCCC2)NC2CCCCC2)cc1. The van der Waals surface area contributed by atoms with Crippen molar-refractivity contribution < 1.29 is 28.9 Å². The number of phenols is 1. The molecule has 11 aliphatic rings. The zero-order chi connectivity index (χ0) is 89.9. The molecule has 0 unspecified atom stereocenters. The van der Waals surface area contributed by atoms with E-state index >= 15 is 0 Å². The van der Waals surface area contributed by atoms with Gasteiger partial charge in [-0.2, -0.15) is 0 Å². The number of carbonyl (C=O) groups is 2. The van der Waals surface area contributed by atoms with E-state index < -0.39 is 11.7 Å². The van der Waals surface area contributed by atoms with Gasteiger partial charge in [0.2, 0.25) is 5.96 Å². The number of carbonyl (C=O) groups excluding carboxylic acids is 2. The van der Waals surface area contributed by atoms with Gasteiger partial charge in [-0.1, -0.05) is 221 Å². The Kier molecular flexibility index (Phi) is 49.4. The Hall–Kier alpha value is -6.77. The number of hydrogen-bond acceptors (Lipinski definition) is 14. The second-order valence-corrected chi connectivity index (χ2v) is 39.8. The molecule has 11 fully saturated rings. The number of morpholine rings is 2. The predicted molar refractivity (Wildman–Crippen MR) is 532 cm³/mol. The number of ether oxygens (including phenoxy) is 3. The number of halogens is 1. The first-order valence-electron chi connectivity index (χ1n) is 51.1. The summed E-state index contributed by atoms with van der Waals surface area (Å²) in [5.74, 6) is 4.61. The Labute approximate surface area is 776 Å². The van der Waals surface area contributed by atoms with Gasteiger partial charge in [0.05, 0.1) is 56.6 Å². The summed E-state index contributed by atoms with van der Waals surface area (Å²) in [4.78, 5) is 56.6. The van der Waals surface area contributed by atoms with Crippen molar-refractivity contribution in [2.24, 2.45) is 25.0 Å². The Bertz CT molecular complexity index is 3440. The first-order valence-corrected chi connectivity index (χ1v) is 51.9. The number of nitrogens with one attached hydrogen (secondary N) is 10. The molecule has 0 aromatic heterocycles. The van der Waals surface area contributed by atoms with Gasteiger partial charge in [-0.3, -0.25) is 31.0 Å². The molecule has 3 aromatic carbocycles. The van der Waals surface area contributed by atoms with Crippen LogP contribution in [0.4, 0.5) is 16.2 Å². The second-order valence-electron chi connectivity index (χ2n) is 38.9. The van der Waals surface area contributed by atoms with Crippen molar-refractivity contribution >= 4 is 69.1 Å². The minimum absolute atomic E-state index is 0.0755. The number of rotatable bonds is 19. The quantitative estimate of drug-likeness (QED) is 0.0230. The standard InChI is InChI=1S/C20H29N3O.C19H28BrN3.C19H29N3O.C18H33N3O2.C15H27N3O2.C11H27N3/c24-19(16-10-4-1-5-11-16)23-20(21-17-12-6-2-7-13-17)22-18-14-8-3-9-15-18;20-15-11-13-18(14-12-15)23-19(21-16-7-3-1-4-8-16)22-17-9-5-2-6-10-17;23-18-13-11-17(12-14-18)22-19(20-15-7-3-1-4-8-15)21-16-9-5-2-6-10-16;1-18(2,3)23-17(22)21-16(19-14-10-6-4-7-11-14)20-15-12-8-5-9-13-15;1-2-4-14(5-3-1)16-15(17-6-10-19-11-7-17)18-8-12-20-13-9-18;1-7-14(8-2)11(12-9(3)4)13-10(5)6/h1,4-5,10-11,17-18H,2-3,6-9,12-15H2,(H2,21,22,23,24);11-14,16-17H,1-10H2,(H2,21,22,23);11-16,23H,1-10H2,(H2,20,21,22);14-15H,4-13H2,1-3H3,(H2,19,20,21,22);14H,1-13H2;9-13H,7-8H2,1-6H3. The number of amides is 2. The van der Waals surface area contributed by atoms with Crippen molar-refractivity contribution in [3.63, 3.8) is 0 Å². The summed E-state index contributed by atoms with van der Waals surface area (Å²) in [5.41, 5.74) is 2.26. The van der Waals surface area contributed by atoms with E-state index in [4.69, 9.17) is 39.2 Å². The van der Waals surface area contributed by atoms with Crippen molar-refractivity contribution in [2.75, 3.05) is 76.3 Å². The smallest absolute Gasteiger partial charge is 0.414 e. The highest BCUT2D eigenvalue weighted by Crippen LogP contribution is 2.29. The van der Waals surface area contributed by atoms with E-state index in [-0.39, 0.29) is 5.91 Å². The van der Waals surface area contributed by atoms with Crippen molar-refractivity contribution in [2.45, 2.75) is 430 Å². The number of anilines is 2. The maximum Gasteiger partial charge on any atom is 0.414 e. The molecular weight excluding hydrogens is 1650 g/mol. The van der Waals surface area contributed by atoms with Gasteiger partial charge in [0.1, 0.15) is 17.6 Å². The average molecular weight is 1830 g/mol. The van der Waals surface area contributed by atoms with Crippen LogP contribution in [0.2, 0.25) is 0 Å². The van der Waals surface area contributed by atoms with E-state index in [1.807, 2.05) is 63.2 Å². The minimum Gasteiger partial charge on any atom is -0.508 e. The first kappa shape index (κ1) is 104. The van der Waals surface area contributed by atoms with E-state index in [0.717, 1.165) is 132 Å². The van der Waals surface area contributed by atoms with Crippen LogP contribution in [0.25, 0.3) is 0 Å². The highest BCUT2D eigenvalue weighted by Gasteiger charge is 2.29. The third-order valence-corrected chi connectivity index (χ3v) is 26.6. The Morgan fingerprint density at radius 2 is 0.717 bits per heavy atom. The van der Waals surface area contributed by atoms with Crippen molar-refractivity contribution in [3.05, 3.63) is 88.9 Å². The molecule has 2 aliphatic heterocycles. The van der Waals surface area contributed by atoms with Gasteiger partial charge in [0.25, 0.3) is 5.91 Å². The largest absolute Gasteiger partial charge is 0.508 e. The summed E-state index contributed by atoms with van der Waals surface area (Å²) in [6.07, 6.45) is 56.8. The molecule has 0 atom stereocenters. The van der Waals surface area contributed by atoms with Crippen LogP contribution in [0.1, 0.15) is 362 Å². The molecule has 9 aliphatic carbocycles. The molecule has 14 rings (SSSR count). The van der Waals surface area contributed by atoms with Crippen molar-refractivity contribution in [1.82, 2.24) is 57.2 Å². The molecule has 127 heavy (non-hydrogen) atoms. The Morgan fingerprint density at radius 3 is 1.04 bits per heavy atom. The van der Waals surface area contributed by atoms with E-state index in [2.05, 4.69) is 150 Å². The molecular formula is C102H173BrN18O6. The van der Waals surface area contributed by atoms with Gasteiger partial charge in [0.15, 0.2) is 23.8 Å². The lowest BCUT2D eigenvalue weighted by atomic mass is 9.95. The van der Waals surface area contributed by atoms with Crippen LogP contribution in [0.3, 0.4) is 0 Å². The zero-order valence-corrected chi connectivity index (χ0v) is 81.9. The van der Waals surface area contributed by atoms with Gasteiger partial charge >= 0.3 is 6.09 Å². The Balaban J connectivity index is 0.000000173. The molecule has 2 saturated heterocycles. The normalized spacial score (nSPS) is 20.9. The monoisotopic (exact) mass is 1830 g/mol. The molecule has 11 N–H and O–H groups in total. The second kappa shape index (κ2) is 60.3. The maximum absolute atomic E-state index is 12.5. The van der Waals surface area contributed by atoms with Crippen LogP contribution in [0.5, 0.6) is 5.75 Å². The van der Waals surface area contributed by atoms with Crippen LogP contribution in [0.15, 0.2) is 108 Å². The number of hydrogen-bond donors (Lipinski definition) is 11. The molecule has 25 heteroatoms. The van der Waals surface area contributed by atoms with E-state index in [1.165, 1.54) is 256 Å². The van der Waals surface area contributed by atoms with E-state index in [9.17, 15) is 14.7 Å². The minimum atomic E-state index is -0.495. The highest BCUT2D eigenvalue weighted by atomic mass is 79.9. The summed E-state index contributed by atoms with van der Waals surface area (Å²) in [6, 6.07) is 30.1. The molecule has 0 radical (unpaired) electrons. The highest BCUT2D eigenvalue weighted by molar-refractivity contribution is 9.10. The van der Waals surface area contributed by atoms with Gasteiger partial charge in [-0.25, -0.2) is 29.8 Å². The lowest BCUT2D eigenvalue weighted by Gasteiger charge is -2.39. The lowest BCUT2D eigenvalue weighted by molar-refractivity contribution is 0.0415. The fraction of sp³-hybridized carbons (Fsp3) is 0.755. The molecule has 2 heterocycles. The fourth-order valence-corrected chi connectivity index (χ4v) is 19.3. The number of nitrogens with zero attached hydrogens (tertiary/aromatic N) is 8. The summed E-state index contributed by atoms with van der Waals surface area (Å²) < 4.78 is 17.5. The van der Waals surface area contributed by atoms with Crippen LogP contribution < -0.4 is 53.2 Å². The van der Waals surface area contributed by atoms with Gasteiger partial charge in [-0.15, -0.1) is 0 Å². The lowest BCUT2D eigenvalue weighted by Crippen LogP contribution is -2.58. The van der Waals surface area contributed by atoms with Crippen LogP contribution in [0, 0.1) is 0 Å². The molecule has 0 spiro atoms. The van der Waals surface area contributed by atoms with E-state index in [0.29, 0.717) is 96.0 Å². The van der Waals surface area contributed by atoms with Crippen LogP contribution >= 0.6 is 15.9 Å². The van der Waals surface area contributed by atoms with Crippen molar-refractivity contribution in [1.29, 1.82) is 0 Å². The topological polar surface area (TPSA) is 274 Å². The number of alkyl carbamates (subject to hydrolysis) is 1. The van der Waals surface area contributed by atoms with Crippen LogP contribution in [-0.2, 0) is 14.2 Å². The van der Waals surface area contributed by atoms with Gasteiger partial charge in [-0.05, 0) is 238 Å². The predicted octanol–water partition coefficient (Wildman–Crippen LogP) is 21.0. The molecule has 714 valence electrons. The summed E-state index contributed by atoms with van der Waals surface area (Å²) in [7, 11) is 0. The number of benzene rings is 3. The van der Waals surface area contributed by atoms with Crippen LogP contribution in [-0.4, -0.2) is 206 Å². The number of guanidine groups is 5. The van der Waals surface area contributed by atoms with Gasteiger partial charge in [0, 0.05) is 83.8 Å². The van der Waals surface area contributed by atoms with E-state index in [1.54, 1.807) is 12.1 Å². The summed E-state index contributed by atoms with van der Waals surface area (Å²) >= 11 is 3.50. The molecule has 24 nitrogen and oxygen atoms in total. The number of aliphatic imine (C=N–C) groups is 5. The number of aromatic hydroxyl groups is 1. The third kappa shape index (κ3) is 43.4. The molecule has 9 saturated carbocycles. The zero-order valence-electron chi connectivity index (χ0n) is 80.3. The maximum atomic E-state index is 12.5. The summed E-state index contributed by atoms with van der Waals surface area (Å²) in [6.45, 7) is 28.1. The van der Waals surface area contributed by atoms with Crippen molar-refractivity contribution in [3.8, 4) is 5.75 Å².